The molecule has 0 aliphatic rings. The van der Waals surface area contributed by atoms with Crippen molar-refractivity contribution in [3.05, 3.63) is 78.5 Å². The molecule has 0 amide bonds. The minimum atomic E-state index is -1.71. The standard InChI is InChI=1S/C18H15F2N5O/c19-14-5-6-15(16(20)7-14)18(26,9-24-12-21-11-23-24)10-25-17-4-2-1-3-13(17)8-22-25/h1-8,11-12,26H,9-10H2/t18-/m0/s1. The van der Waals surface area contributed by atoms with Gasteiger partial charge in [0.2, 0.25) is 0 Å². The minimum absolute atomic E-state index is 0.0334. The molecule has 132 valence electrons. The van der Waals surface area contributed by atoms with Gasteiger partial charge in [0.05, 0.1) is 24.8 Å². The Labute approximate surface area is 147 Å². The van der Waals surface area contributed by atoms with Gasteiger partial charge >= 0.3 is 0 Å². The van der Waals surface area contributed by atoms with E-state index in [4.69, 9.17) is 0 Å². The molecule has 6 nitrogen and oxygen atoms in total. The van der Waals surface area contributed by atoms with Crippen molar-refractivity contribution in [2.24, 2.45) is 0 Å². The Hall–Kier alpha value is -3.13. The molecule has 2 aromatic carbocycles. The summed E-state index contributed by atoms with van der Waals surface area (Å²) in [5.41, 5.74) is -0.943. The number of hydrogen-bond acceptors (Lipinski definition) is 4. The largest absolute Gasteiger partial charge is 0.381 e. The quantitative estimate of drug-likeness (QED) is 0.597. The summed E-state index contributed by atoms with van der Waals surface area (Å²) in [6.07, 6.45) is 4.42. The first-order chi connectivity index (χ1) is 12.5. The lowest BCUT2D eigenvalue weighted by atomic mass is 9.92. The molecular weight excluding hydrogens is 340 g/mol. The zero-order chi connectivity index (χ0) is 18.1. The molecule has 0 radical (unpaired) electrons. The third-order valence-electron chi connectivity index (χ3n) is 4.29. The predicted octanol–water partition coefficient (Wildman–Crippen LogP) is 2.49. The lowest BCUT2D eigenvalue weighted by Crippen LogP contribution is -2.37. The zero-order valence-electron chi connectivity index (χ0n) is 13.6. The molecule has 8 heteroatoms. The second-order valence-corrected chi connectivity index (χ2v) is 6.11. The number of fused-ring (bicyclic) bond motifs is 1. The van der Waals surface area contributed by atoms with Gasteiger partial charge in [-0.1, -0.05) is 24.3 Å². The van der Waals surface area contributed by atoms with Crippen LogP contribution in [0, 0.1) is 11.6 Å². The highest BCUT2D eigenvalue weighted by Crippen LogP contribution is 2.29. The van der Waals surface area contributed by atoms with E-state index >= 15 is 0 Å². The average molecular weight is 355 g/mol. The van der Waals surface area contributed by atoms with Crippen molar-refractivity contribution in [2.45, 2.75) is 18.7 Å². The van der Waals surface area contributed by atoms with Gasteiger partial charge in [-0.2, -0.15) is 10.2 Å². The molecule has 4 rings (SSSR count). The molecule has 0 unspecified atom stereocenters. The first-order valence-electron chi connectivity index (χ1n) is 7.96. The smallest absolute Gasteiger partial charge is 0.137 e. The van der Waals surface area contributed by atoms with Crippen molar-refractivity contribution in [3.8, 4) is 0 Å². The van der Waals surface area contributed by atoms with Gasteiger partial charge in [-0.3, -0.25) is 4.68 Å². The molecule has 0 spiro atoms. The Bertz CT molecular complexity index is 1050. The van der Waals surface area contributed by atoms with Crippen LogP contribution in [-0.2, 0) is 18.7 Å². The van der Waals surface area contributed by atoms with Crippen molar-refractivity contribution >= 4 is 10.9 Å². The van der Waals surface area contributed by atoms with Crippen LogP contribution in [0.3, 0.4) is 0 Å². The van der Waals surface area contributed by atoms with Crippen LogP contribution in [0.4, 0.5) is 8.78 Å². The molecule has 26 heavy (non-hydrogen) atoms. The molecule has 2 aromatic heterocycles. The fourth-order valence-electron chi connectivity index (χ4n) is 3.07. The van der Waals surface area contributed by atoms with Gasteiger partial charge < -0.3 is 5.11 Å². The SMILES string of the molecule is O[C@@](Cn1cncn1)(Cn1ncc2ccccc21)c1ccc(F)cc1F. The summed E-state index contributed by atoms with van der Waals surface area (Å²) in [7, 11) is 0. The summed E-state index contributed by atoms with van der Waals surface area (Å²) in [4.78, 5) is 3.85. The minimum Gasteiger partial charge on any atom is -0.381 e. The van der Waals surface area contributed by atoms with Crippen LogP contribution in [0.5, 0.6) is 0 Å². The van der Waals surface area contributed by atoms with Gasteiger partial charge in [0.15, 0.2) is 0 Å². The van der Waals surface area contributed by atoms with E-state index in [2.05, 4.69) is 15.2 Å². The molecule has 2 heterocycles. The van der Waals surface area contributed by atoms with E-state index in [-0.39, 0.29) is 18.7 Å². The Kier molecular flexibility index (Phi) is 3.96. The van der Waals surface area contributed by atoms with Gasteiger partial charge in [-0.05, 0) is 12.1 Å². The molecule has 1 atom stereocenters. The van der Waals surface area contributed by atoms with Crippen molar-refractivity contribution in [1.82, 2.24) is 24.5 Å². The molecule has 0 saturated heterocycles. The fraction of sp³-hybridized carbons (Fsp3) is 0.167. The van der Waals surface area contributed by atoms with Crippen LogP contribution in [0.15, 0.2) is 61.3 Å². The van der Waals surface area contributed by atoms with Crippen molar-refractivity contribution < 1.29 is 13.9 Å². The fourth-order valence-corrected chi connectivity index (χ4v) is 3.07. The average Bonchev–Trinajstić information content (AvgIpc) is 3.25. The number of hydrogen-bond donors (Lipinski definition) is 1. The Balaban J connectivity index is 1.79. The van der Waals surface area contributed by atoms with Crippen LogP contribution in [-0.4, -0.2) is 29.7 Å². The van der Waals surface area contributed by atoms with Gasteiger partial charge in [0.25, 0.3) is 0 Å². The zero-order valence-corrected chi connectivity index (χ0v) is 13.6. The third-order valence-corrected chi connectivity index (χ3v) is 4.29. The Morgan fingerprint density at radius 2 is 1.88 bits per heavy atom. The molecule has 0 aliphatic carbocycles. The lowest BCUT2D eigenvalue weighted by molar-refractivity contribution is -0.00734. The first kappa shape index (κ1) is 16.3. The van der Waals surface area contributed by atoms with Gasteiger partial charge in [0.1, 0.15) is 29.9 Å². The van der Waals surface area contributed by atoms with Crippen LogP contribution >= 0.6 is 0 Å². The summed E-state index contributed by atoms with van der Waals surface area (Å²) >= 11 is 0. The van der Waals surface area contributed by atoms with Crippen molar-refractivity contribution in [3.63, 3.8) is 0 Å². The predicted molar refractivity (Wildman–Crippen MR) is 90.0 cm³/mol. The van der Waals surface area contributed by atoms with Gasteiger partial charge in [0, 0.05) is 17.0 Å². The summed E-state index contributed by atoms with van der Waals surface area (Å²) in [6, 6.07) is 10.6. The van der Waals surface area contributed by atoms with Crippen molar-refractivity contribution in [1.29, 1.82) is 0 Å². The maximum absolute atomic E-state index is 14.4. The van der Waals surface area contributed by atoms with Crippen LogP contribution in [0.1, 0.15) is 5.56 Å². The number of benzene rings is 2. The molecular formula is C18H15F2N5O. The number of rotatable bonds is 5. The van der Waals surface area contributed by atoms with E-state index in [0.717, 1.165) is 23.0 Å². The number of aromatic nitrogens is 5. The number of nitrogens with zero attached hydrogens (tertiary/aromatic N) is 5. The second-order valence-electron chi connectivity index (χ2n) is 6.11. The van der Waals surface area contributed by atoms with E-state index in [1.807, 2.05) is 24.3 Å². The Morgan fingerprint density at radius 1 is 1.04 bits per heavy atom. The van der Waals surface area contributed by atoms with E-state index in [1.54, 1.807) is 10.9 Å². The van der Waals surface area contributed by atoms with E-state index in [0.29, 0.717) is 0 Å². The maximum Gasteiger partial charge on any atom is 0.137 e. The lowest BCUT2D eigenvalue weighted by Gasteiger charge is -2.29. The topological polar surface area (TPSA) is 68.8 Å². The molecule has 4 aromatic rings. The summed E-state index contributed by atoms with van der Waals surface area (Å²) in [5, 5.41) is 20.5. The highest BCUT2D eigenvalue weighted by Gasteiger charge is 2.35. The summed E-state index contributed by atoms with van der Waals surface area (Å²) < 4.78 is 30.8. The first-order valence-corrected chi connectivity index (χ1v) is 7.96. The van der Waals surface area contributed by atoms with Crippen LogP contribution in [0.2, 0.25) is 0 Å². The van der Waals surface area contributed by atoms with Crippen molar-refractivity contribution in [2.75, 3.05) is 0 Å². The van der Waals surface area contributed by atoms with E-state index in [9.17, 15) is 13.9 Å². The highest BCUT2D eigenvalue weighted by atomic mass is 19.1. The Morgan fingerprint density at radius 3 is 2.65 bits per heavy atom. The normalized spacial score (nSPS) is 13.8. The number of aliphatic hydroxyl groups is 1. The summed E-state index contributed by atoms with van der Waals surface area (Å²) in [6.45, 7) is -0.104. The maximum atomic E-state index is 14.4. The van der Waals surface area contributed by atoms with Gasteiger partial charge in [-0.15, -0.1) is 0 Å². The summed E-state index contributed by atoms with van der Waals surface area (Å²) in [5.74, 6) is -1.54. The molecule has 0 aliphatic heterocycles. The van der Waals surface area contributed by atoms with Crippen LogP contribution in [0.25, 0.3) is 10.9 Å². The third kappa shape index (κ3) is 2.95. The van der Waals surface area contributed by atoms with E-state index < -0.39 is 17.2 Å². The van der Waals surface area contributed by atoms with E-state index in [1.165, 1.54) is 23.4 Å². The molecule has 0 saturated carbocycles. The van der Waals surface area contributed by atoms with Crippen LogP contribution < -0.4 is 0 Å². The highest BCUT2D eigenvalue weighted by molar-refractivity contribution is 5.78. The number of halogens is 2. The second kappa shape index (κ2) is 6.30. The molecule has 0 bridgehead atoms. The van der Waals surface area contributed by atoms with Gasteiger partial charge in [-0.25, -0.2) is 18.4 Å². The molecule has 0 fully saturated rings. The monoisotopic (exact) mass is 355 g/mol. The number of para-hydroxylation sites is 1. The molecule has 1 N–H and O–H groups in total.